The molecule has 0 saturated carbocycles. The zero-order chi connectivity index (χ0) is 24.4. The summed E-state index contributed by atoms with van der Waals surface area (Å²) in [4.78, 5) is 52.5. The van der Waals surface area contributed by atoms with Crippen molar-refractivity contribution in [2.75, 3.05) is 23.3 Å². The Kier molecular flexibility index (Phi) is 7.01. The predicted octanol–water partition coefficient (Wildman–Crippen LogP) is 3.63. The lowest BCUT2D eigenvalue weighted by atomic mass is 10.0. The number of benzene rings is 2. The van der Waals surface area contributed by atoms with Crippen LogP contribution in [0.25, 0.3) is 0 Å². The molecule has 0 radical (unpaired) electrons. The number of carbonyl (C=O) groups excluding carboxylic acids is 3. The summed E-state index contributed by atoms with van der Waals surface area (Å²) >= 11 is 12.2. The maximum absolute atomic E-state index is 13.3. The van der Waals surface area contributed by atoms with Crippen LogP contribution >= 0.6 is 35.6 Å². The molecular formula is C23H18ClN3O5S2. The summed E-state index contributed by atoms with van der Waals surface area (Å²) in [6.45, 7) is -0.255. The predicted molar refractivity (Wildman–Crippen MR) is 134 cm³/mol. The Morgan fingerprint density at radius 2 is 1.91 bits per heavy atom. The molecule has 0 aromatic heterocycles. The number of hydrogen-bond acceptors (Lipinski definition) is 6. The van der Waals surface area contributed by atoms with E-state index in [9.17, 15) is 19.2 Å². The largest absolute Gasteiger partial charge is 0.481 e. The molecule has 4 rings (SSSR count). The van der Waals surface area contributed by atoms with E-state index in [1.54, 1.807) is 48.5 Å². The highest BCUT2D eigenvalue weighted by molar-refractivity contribution is 8.26. The number of fused-ring (bicyclic) bond motifs is 1. The molecule has 174 valence electrons. The highest BCUT2D eigenvalue weighted by atomic mass is 35.5. The molecule has 1 unspecified atom stereocenters. The van der Waals surface area contributed by atoms with Crippen LogP contribution < -0.4 is 10.2 Å². The first kappa shape index (κ1) is 23.9. The van der Waals surface area contributed by atoms with Crippen LogP contribution in [0.3, 0.4) is 0 Å². The molecule has 34 heavy (non-hydrogen) atoms. The summed E-state index contributed by atoms with van der Waals surface area (Å²) in [5, 5.41) is 12.1. The minimum Gasteiger partial charge on any atom is -0.481 e. The molecule has 0 aliphatic carbocycles. The molecule has 8 nitrogen and oxygen atoms in total. The quantitative estimate of drug-likeness (QED) is 0.428. The molecule has 2 aromatic rings. The SMILES string of the molecule is O=C(O)CCN1C(=O)C(=CC2C(=O)N(CC(=O)Nc3cccc(Cl)c3)c3ccccc32)SC1=S. The van der Waals surface area contributed by atoms with Crippen molar-refractivity contribution in [3.63, 3.8) is 0 Å². The van der Waals surface area contributed by atoms with Crippen LogP contribution in [-0.2, 0) is 19.2 Å². The fourth-order valence-electron chi connectivity index (χ4n) is 3.72. The third kappa shape index (κ3) is 4.98. The molecule has 2 aliphatic heterocycles. The Bertz CT molecular complexity index is 1250. The first-order valence-electron chi connectivity index (χ1n) is 10.2. The second-order valence-electron chi connectivity index (χ2n) is 7.52. The van der Waals surface area contributed by atoms with Gasteiger partial charge in [-0.25, -0.2) is 0 Å². The minimum atomic E-state index is -1.04. The van der Waals surface area contributed by atoms with Gasteiger partial charge in [-0.2, -0.15) is 0 Å². The van der Waals surface area contributed by atoms with Gasteiger partial charge in [0, 0.05) is 22.9 Å². The average molecular weight is 516 g/mol. The number of nitrogens with one attached hydrogen (secondary N) is 1. The van der Waals surface area contributed by atoms with Gasteiger partial charge in [0.1, 0.15) is 10.9 Å². The van der Waals surface area contributed by atoms with E-state index >= 15 is 0 Å². The van der Waals surface area contributed by atoms with Gasteiger partial charge in [0.05, 0.1) is 17.2 Å². The molecule has 11 heteroatoms. The second kappa shape index (κ2) is 9.96. The number of amides is 3. The number of hydrogen-bond donors (Lipinski definition) is 2. The molecule has 0 bridgehead atoms. The van der Waals surface area contributed by atoms with Gasteiger partial charge in [-0.3, -0.25) is 24.1 Å². The first-order chi connectivity index (χ1) is 16.2. The third-order valence-electron chi connectivity index (χ3n) is 5.25. The number of thiocarbonyl (C=S) groups is 1. The number of para-hydroxylation sites is 1. The van der Waals surface area contributed by atoms with E-state index in [0.717, 1.165) is 11.8 Å². The van der Waals surface area contributed by atoms with Crippen molar-refractivity contribution in [1.29, 1.82) is 0 Å². The van der Waals surface area contributed by atoms with Gasteiger partial charge < -0.3 is 15.3 Å². The first-order valence-corrected chi connectivity index (χ1v) is 11.8. The smallest absolute Gasteiger partial charge is 0.305 e. The monoisotopic (exact) mass is 515 g/mol. The number of carboxylic acids is 1. The molecule has 2 heterocycles. The van der Waals surface area contributed by atoms with Gasteiger partial charge in [-0.15, -0.1) is 0 Å². The van der Waals surface area contributed by atoms with Gasteiger partial charge in [-0.1, -0.05) is 59.8 Å². The second-order valence-corrected chi connectivity index (χ2v) is 9.63. The molecule has 2 aromatic carbocycles. The fraction of sp³-hybridized carbons (Fsp3) is 0.174. The van der Waals surface area contributed by atoms with Crippen LogP contribution in [0, 0.1) is 0 Å². The summed E-state index contributed by atoms with van der Waals surface area (Å²) in [6.07, 6.45) is 1.30. The van der Waals surface area contributed by atoms with E-state index in [2.05, 4.69) is 5.32 Å². The number of nitrogens with zero attached hydrogens (tertiary/aromatic N) is 2. The van der Waals surface area contributed by atoms with Crippen LogP contribution in [0.2, 0.25) is 5.02 Å². The summed E-state index contributed by atoms with van der Waals surface area (Å²) in [7, 11) is 0. The Balaban J connectivity index is 1.54. The third-order valence-corrected chi connectivity index (χ3v) is 6.88. The summed E-state index contributed by atoms with van der Waals surface area (Å²) in [5.74, 6) is -2.99. The number of carboxylic acid groups (broad SMARTS) is 1. The van der Waals surface area contributed by atoms with E-state index in [4.69, 9.17) is 28.9 Å². The lowest BCUT2D eigenvalue weighted by Gasteiger charge is -2.17. The molecule has 3 amide bonds. The van der Waals surface area contributed by atoms with Gasteiger partial charge in [0.2, 0.25) is 11.8 Å². The van der Waals surface area contributed by atoms with Crippen molar-refractivity contribution in [3.05, 3.63) is 70.1 Å². The van der Waals surface area contributed by atoms with Crippen molar-refractivity contribution < 1.29 is 24.3 Å². The molecule has 1 saturated heterocycles. The van der Waals surface area contributed by atoms with Gasteiger partial charge in [-0.05, 0) is 35.9 Å². The van der Waals surface area contributed by atoms with E-state index in [-0.39, 0.29) is 34.6 Å². The minimum absolute atomic E-state index is 0.0393. The maximum atomic E-state index is 13.3. The van der Waals surface area contributed by atoms with Crippen LogP contribution in [0.15, 0.2) is 59.5 Å². The van der Waals surface area contributed by atoms with E-state index in [1.807, 2.05) is 0 Å². The molecule has 2 N–H and O–H groups in total. The topological polar surface area (TPSA) is 107 Å². The van der Waals surface area contributed by atoms with Gasteiger partial charge in [0.25, 0.3) is 5.91 Å². The van der Waals surface area contributed by atoms with E-state index in [0.29, 0.717) is 22.0 Å². The molecule has 1 fully saturated rings. The lowest BCUT2D eigenvalue weighted by Crippen LogP contribution is -2.36. The van der Waals surface area contributed by atoms with Crippen molar-refractivity contribution >= 4 is 75.0 Å². The molecule has 2 aliphatic rings. The zero-order valence-electron chi connectivity index (χ0n) is 17.6. The molecule has 1 atom stereocenters. The van der Waals surface area contributed by atoms with Gasteiger partial charge in [0.15, 0.2) is 0 Å². The highest BCUT2D eigenvalue weighted by Crippen LogP contribution is 2.41. The van der Waals surface area contributed by atoms with Crippen LogP contribution in [0.1, 0.15) is 17.9 Å². The number of halogens is 1. The summed E-state index contributed by atoms with van der Waals surface area (Å²) in [6, 6.07) is 13.7. The Morgan fingerprint density at radius 1 is 1.15 bits per heavy atom. The number of rotatable bonds is 7. The van der Waals surface area contributed by atoms with Crippen molar-refractivity contribution in [2.45, 2.75) is 12.3 Å². The van der Waals surface area contributed by atoms with Gasteiger partial charge >= 0.3 is 5.97 Å². The van der Waals surface area contributed by atoms with Crippen molar-refractivity contribution in [2.24, 2.45) is 0 Å². The normalized spacial score (nSPS) is 18.6. The standard InChI is InChI=1S/C23H18ClN3O5S2/c24-13-4-3-5-14(10-13)25-19(28)12-27-17-7-2-1-6-15(17)16(21(27)31)11-18-22(32)26(23(33)34-18)9-8-20(29)30/h1-7,10-11,16H,8-9,12H2,(H,25,28)(H,29,30). The van der Waals surface area contributed by atoms with Crippen LogP contribution in [-0.4, -0.2) is 51.1 Å². The molecular weight excluding hydrogens is 498 g/mol. The number of carbonyl (C=O) groups is 4. The Morgan fingerprint density at radius 3 is 2.65 bits per heavy atom. The summed E-state index contributed by atoms with van der Waals surface area (Å²) in [5.41, 5.74) is 1.76. The lowest BCUT2D eigenvalue weighted by molar-refractivity contribution is -0.137. The van der Waals surface area contributed by atoms with Crippen molar-refractivity contribution in [1.82, 2.24) is 4.90 Å². The zero-order valence-corrected chi connectivity index (χ0v) is 20.0. The summed E-state index contributed by atoms with van der Waals surface area (Å²) < 4.78 is 0.244. The number of anilines is 2. The van der Waals surface area contributed by atoms with E-state index < -0.39 is 23.7 Å². The number of aliphatic carboxylic acids is 1. The Hall–Kier alpha value is -3.21. The molecule has 0 spiro atoms. The van der Waals surface area contributed by atoms with E-state index in [1.165, 1.54) is 15.9 Å². The van der Waals surface area contributed by atoms with Crippen molar-refractivity contribution in [3.8, 4) is 0 Å². The maximum Gasteiger partial charge on any atom is 0.305 e. The average Bonchev–Trinajstić information content (AvgIpc) is 3.20. The van der Waals surface area contributed by atoms with Crippen LogP contribution in [0.5, 0.6) is 0 Å². The fourth-order valence-corrected chi connectivity index (χ4v) is 5.22. The Labute approximate surface area is 209 Å². The van der Waals surface area contributed by atoms with Crippen LogP contribution in [0.4, 0.5) is 11.4 Å². The number of thioether (sulfide) groups is 1. The highest BCUT2D eigenvalue weighted by Gasteiger charge is 2.40.